The lowest BCUT2D eigenvalue weighted by molar-refractivity contribution is 0.0968. The van der Waals surface area contributed by atoms with Gasteiger partial charge in [0, 0.05) is 23.4 Å². The first-order valence-electron chi connectivity index (χ1n) is 11.6. The Balaban J connectivity index is 0.000000518. The van der Waals surface area contributed by atoms with E-state index >= 15 is 0 Å². The number of ketones is 1. The van der Waals surface area contributed by atoms with Gasteiger partial charge in [-0.05, 0) is 51.3 Å². The Bertz CT molecular complexity index is 937. The molecular weight excluding hydrogens is 434 g/mol. The number of methoxy groups -OCH3 is 1. The maximum atomic E-state index is 12.5. The van der Waals surface area contributed by atoms with E-state index in [2.05, 4.69) is 50.1 Å². The summed E-state index contributed by atoms with van der Waals surface area (Å²) in [4.78, 5) is 16.5. The smallest absolute Gasteiger partial charge is 0.169 e. The number of hydrogen-bond donors (Lipinski definition) is 2. The first kappa shape index (κ1) is 28.4. The van der Waals surface area contributed by atoms with Gasteiger partial charge in [0.1, 0.15) is 5.15 Å². The molecule has 0 bridgehead atoms. The number of anilines is 2. The summed E-state index contributed by atoms with van der Waals surface area (Å²) < 4.78 is 5.46. The van der Waals surface area contributed by atoms with Gasteiger partial charge in [-0.3, -0.25) is 4.79 Å². The molecule has 2 aromatic rings. The van der Waals surface area contributed by atoms with Crippen molar-refractivity contribution in [1.82, 2.24) is 4.98 Å². The van der Waals surface area contributed by atoms with Crippen LogP contribution < -0.4 is 10.1 Å². The maximum Gasteiger partial charge on any atom is 0.169 e. The second-order valence-electron chi connectivity index (χ2n) is 7.89. The molecule has 6 heteroatoms. The van der Waals surface area contributed by atoms with Crippen LogP contribution in [0.3, 0.4) is 0 Å². The highest BCUT2D eigenvalue weighted by Crippen LogP contribution is 2.37. The zero-order chi connectivity index (χ0) is 24.8. The van der Waals surface area contributed by atoms with E-state index in [-0.39, 0.29) is 11.7 Å². The fraction of sp³-hybridized carbons (Fsp3) is 0.444. The van der Waals surface area contributed by atoms with Crippen molar-refractivity contribution >= 4 is 34.5 Å². The van der Waals surface area contributed by atoms with Crippen LogP contribution >= 0.6 is 11.6 Å². The van der Waals surface area contributed by atoms with Crippen molar-refractivity contribution in [2.24, 2.45) is 5.92 Å². The van der Waals surface area contributed by atoms with Gasteiger partial charge < -0.3 is 15.5 Å². The first-order valence-corrected chi connectivity index (χ1v) is 12.0. The summed E-state index contributed by atoms with van der Waals surface area (Å²) in [6.45, 7) is 10.2. The van der Waals surface area contributed by atoms with Crippen molar-refractivity contribution in [1.29, 1.82) is 5.41 Å². The molecular formula is C27H38ClN3O2. The Hall–Kier alpha value is -2.66. The van der Waals surface area contributed by atoms with E-state index in [1.165, 1.54) is 25.5 Å². The lowest BCUT2D eigenvalue weighted by Crippen LogP contribution is -2.08. The fourth-order valence-corrected chi connectivity index (χ4v) is 3.08. The van der Waals surface area contributed by atoms with E-state index in [0.29, 0.717) is 39.1 Å². The predicted molar refractivity (Wildman–Crippen MR) is 141 cm³/mol. The lowest BCUT2D eigenvalue weighted by Gasteiger charge is -2.16. The molecule has 1 heterocycles. The molecule has 1 aromatic carbocycles. The van der Waals surface area contributed by atoms with Gasteiger partial charge in [0.25, 0.3) is 0 Å². The van der Waals surface area contributed by atoms with Crippen LogP contribution in [0.4, 0.5) is 11.4 Å². The van der Waals surface area contributed by atoms with Gasteiger partial charge in [-0.1, -0.05) is 63.4 Å². The quantitative estimate of drug-likeness (QED) is 0.176. The number of halogens is 1. The van der Waals surface area contributed by atoms with Crippen LogP contribution in [0, 0.1) is 11.3 Å². The second-order valence-corrected chi connectivity index (χ2v) is 8.28. The van der Waals surface area contributed by atoms with Crippen LogP contribution in [0.2, 0.25) is 5.15 Å². The summed E-state index contributed by atoms with van der Waals surface area (Å²) in [5, 5.41) is 11.4. The number of pyridine rings is 1. The van der Waals surface area contributed by atoms with Crippen molar-refractivity contribution in [3.8, 4) is 5.75 Å². The average molecular weight is 472 g/mol. The Labute approximate surface area is 204 Å². The lowest BCUT2D eigenvalue weighted by atomic mass is 10.1. The molecule has 1 aliphatic carbocycles. The summed E-state index contributed by atoms with van der Waals surface area (Å²) in [5.41, 5.74) is 2.90. The maximum absolute atomic E-state index is 12.5. The Morgan fingerprint density at radius 3 is 2.39 bits per heavy atom. The molecule has 0 atom stereocenters. The SMILES string of the molecule is C/C=C\CCC.CCC.COc1c(Nc2cc(Cl)ncc2C(=O)C2CC2)cccc1C(C)=N. The number of rotatable bonds is 8. The predicted octanol–water partition coefficient (Wildman–Crippen LogP) is 8.25. The number of carbonyl (C=O) groups excluding carboxylic acids is 1. The molecule has 180 valence electrons. The van der Waals surface area contributed by atoms with Gasteiger partial charge in [-0.15, -0.1) is 0 Å². The van der Waals surface area contributed by atoms with E-state index < -0.39 is 0 Å². The van der Waals surface area contributed by atoms with Crippen molar-refractivity contribution in [3.63, 3.8) is 0 Å². The first-order chi connectivity index (χ1) is 15.8. The minimum Gasteiger partial charge on any atom is -0.494 e. The Kier molecular flexibility index (Phi) is 13.1. The zero-order valence-electron chi connectivity index (χ0n) is 20.8. The van der Waals surface area contributed by atoms with E-state index in [4.69, 9.17) is 21.7 Å². The number of ether oxygens (including phenoxy) is 1. The van der Waals surface area contributed by atoms with Crippen LogP contribution in [-0.4, -0.2) is 23.6 Å². The van der Waals surface area contributed by atoms with Gasteiger partial charge in [0.2, 0.25) is 0 Å². The number of Topliss-reactive ketones (excluding diaryl/α,β-unsaturated/α-hetero) is 1. The molecule has 0 radical (unpaired) electrons. The van der Waals surface area contributed by atoms with Gasteiger partial charge in [0.15, 0.2) is 11.5 Å². The van der Waals surface area contributed by atoms with Crippen molar-refractivity contribution in [3.05, 3.63) is 58.9 Å². The molecule has 1 aliphatic rings. The third-order valence-electron chi connectivity index (χ3n) is 4.67. The van der Waals surface area contributed by atoms with Crippen molar-refractivity contribution < 1.29 is 9.53 Å². The Morgan fingerprint density at radius 1 is 1.24 bits per heavy atom. The molecule has 0 spiro atoms. The summed E-state index contributed by atoms with van der Waals surface area (Å²) in [6.07, 6.45) is 11.4. The molecule has 0 amide bonds. The average Bonchev–Trinajstić information content (AvgIpc) is 3.64. The largest absolute Gasteiger partial charge is 0.494 e. The van der Waals surface area contributed by atoms with Gasteiger partial charge in [0.05, 0.1) is 24.0 Å². The highest BCUT2D eigenvalue weighted by Gasteiger charge is 2.32. The van der Waals surface area contributed by atoms with E-state index in [1.807, 2.05) is 18.2 Å². The van der Waals surface area contributed by atoms with Crippen LogP contribution in [-0.2, 0) is 0 Å². The number of aromatic nitrogens is 1. The summed E-state index contributed by atoms with van der Waals surface area (Å²) >= 11 is 6.01. The van der Waals surface area contributed by atoms with E-state index in [1.54, 1.807) is 20.1 Å². The highest BCUT2D eigenvalue weighted by molar-refractivity contribution is 6.29. The van der Waals surface area contributed by atoms with Gasteiger partial charge in [-0.25, -0.2) is 4.98 Å². The van der Waals surface area contributed by atoms with Crippen LogP contribution in [0.1, 0.15) is 82.6 Å². The normalized spacial score (nSPS) is 12.2. The van der Waals surface area contributed by atoms with Crippen LogP contribution in [0.25, 0.3) is 0 Å². The third kappa shape index (κ3) is 9.39. The van der Waals surface area contributed by atoms with Crippen molar-refractivity contribution in [2.75, 3.05) is 12.4 Å². The molecule has 1 aromatic heterocycles. The summed E-state index contributed by atoms with van der Waals surface area (Å²) in [5.74, 6) is 0.730. The second kappa shape index (κ2) is 15.2. The van der Waals surface area contributed by atoms with Gasteiger partial charge in [-0.2, -0.15) is 0 Å². The number of nitrogens with zero attached hydrogens (tertiary/aromatic N) is 1. The molecule has 33 heavy (non-hydrogen) atoms. The molecule has 2 N–H and O–H groups in total. The fourth-order valence-electron chi connectivity index (χ4n) is 2.92. The minimum atomic E-state index is 0.0834. The standard InChI is InChI=1S/C18H18ClN3O2.C6H12.C3H8/c1-10(20)12-4-3-5-14(18(12)24-2)22-15-8-16(19)21-9-13(15)17(23)11-6-7-11;1-3-5-6-4-2;1-3-2/h3-5,8-9,11,20H,6-7H2,1-2H3,(H,21,22);3,5H,4,6H2,1-2H3;3H2,1-2H3/b;5-3-;. The highest BCUT2D eigenvalue weighted by atomic mass is 35.5. The number of nitrogens with one attached hydrogen (secondary N) is 2. The topological polar surface area (TPSA) is 75.1 Å². The van der Waals surface area contributed by atoms with E-state index in [9.17, 15) is 4.79 Å². The molecule has 0 aliphatic heterocycles. The molecule has 5 nitrogen and oxygen atoms in total. The van der Waals surface area contributed by atoms with Gasteiger partial charge >= 0.3 is 0 Å². The molecule has 0 unspecified atom stereocenters. The Morgan fingerprint density at radius 2 is 1.91 bits per heavy atom. The van der Waals surface area contributed by atoms with E-state index in [0.717, 1.165) is 12.8 Å². The number of para-hydroxylation sites is 1. The summed E-state index contributed by atoms with van der Waals surface area (Å²) in [6, 6.07) is 7.14. The minimum absolute atomic E-state index is 0.0834. The van der Waals surface area contributed by atoms with Crippen LogP contribution in [0.5, 0.6) is 5.75 Å². The molecule has 1 saturated carbocycles. The molecule has 3 rings (SSSR count). The number of hydrogen-bond acceptors (Lipinski definition) is 5. The number of allylic oxidation sites excluding steroid dienone is 2. The molecule has 1 fully saturated rings. The number of unbranched alkanes of at least 4 members (excludes halogenated alkanes) is 1. The zero-order valence-corrected chi connectivity index (χ0v) is 21.6. The number of carbonyl (C=O) groups is 1. The third-order valence-corrected chi connectivity index (χ3v) is 4.87. The van der Waals surface area contributed by atoms with Crippen LogP contribution in [0.15, 0.2) is 42.6 Å². The number of benzene rings is 1. The summed E-state index contributed by atoms with van der Waals surface area (Å²) in [7, 11) is 1.56. The van der Waals surface area contributed by atoms with Crippen molar-refractivity contribution in [2.45, 2.75) is 66.7 Å². The molecule has 0 saturated heterocycles. The monoisotopic (exact) mass is 471 g/mol.